The highest BCUT2D eigenvalue weighted by Gasteiger charge is 2.59. The molecule has 4 aliphatic rings. The van der Waals surface area contributed by atoms with Gasteiger partial charge in [0.25, 0.3) is 0 Å². The van der Waals surface area contributed by atoms with Crippen molar-refractivity contribution in [3.8, 4) is 0 Å². The number of hydrogen-bond donors (Lipinski definition) is 1. The van der Waals surface area contributed by atoms with Crippen molar-refractivity contribution in [1.82, 2.24) is 0 Å². The van der Waals surface area contributed by atoms with Crippen molar-refractivity contribution in [2.45, 2.75) is 97.8 Å². The topological polar surface area (TPSA) is 20.2 Å². The van der Waals surface area contributed by atoms with Gasteiger partial charge >= 0.3 is 0 Å². The van der Waals surface area contributed by atoms with Gasteiger partial charge < -0.3 is 5.11 Å². The van der Waals surface area contributed by atoms with Gasteiger partial charge in [-0.1, -0.05) is 33.6 Å². The third kappa shape index (κ3) is 2.82. The normalized spacial score (nSPS) is 50.6. The summed E-state index contributed by atoms with van der Waals surface area (Å²) in [4.78, 5) is 0. The summed E-state index contributed by atoms with van der Waals surface area (Å²) < 4.78 is 0. The van der Waals surface area contributed by atoms with Gasteiger partial charge in [0.2, 0.25) is 0 Å². The van der Waals surface area contributed by atoms with Crippen molar-refractivity contribution in [3.05, 3.63) is 0 Å². The maximum atomic E-state index is 9.25. The first-order chi connectivity index (χ1) is 12.0. The Balaban J connectivity index is 1.53. The van der Waals surface area contributed by atoms with Gasteiger partial charge in [-0.05, 0) is 111 Å². The molecule has 4 rings (SSSR count). The zero-order chi connectivity index (χ0) is 17.7. The van der Waals surface area contributed by atoms with Crippen molar-refractivity contribution in [3.63, 3.8) is 0 Å². The van der Waals surface area contributed by atoms with Crippen LogP contribution in [0.15, 0.2) is 0 Å². The number of aliphatic hydroxyl groups is 1. The van der Waals surface area contributed by atoms with Gasteiger partial charge in [-0.15, -0.1) is 0 Å². The van der Waals surface area contributed by atoms with Crippen LogP contribution in [-0.2, 0) is 0 Å². The summed E-state index contributed by atoms with van der Waals surface area (Å²) in [6.07, 6.45) is 17.4. The second-order valence-corrected chi connectivity index (χ2v) is 11.0. The first kappa shape index (κ1) is 18.3. The first-order valence-corrected chi connectivity index (χ1v) is 11.6. The van der Waals surface area contributed by atoms with E-state index in [2.05, 4.69) is 20.8 Å². The number of rotatable bonds is 4. The van der Waals surface area contributed by atoms with Crippen LogP contribution in [0.1, 0.15) is 97.8 Å². The van der Waals surface area contributed by atoms with E-state index in [-0.39, 0.29) is 0 Å². The van der Waals surface area contributed by atoms with E-state index < -0.39 is 0 Å². The Morgan fingerprint density at radius 2 is 1.68 bits per heavy atom. The van der Waals surface area contributed by atoms with Crippen LogP contribution >= 0.6 is 0 Å². The maximum Gasteiger partial charge on any atom is 0.0431 e. The summed E-state index contributed by atoms with van der Waals surface area (Å²) in [5.41, 5.74) is 1.29. The Morgan fingerprint density at radius 1 is 0.880 bits per heavy atom. The Kier molecular flexibility index (Phi) is 5.02. The fraction of sp³-hybridized carbons (Fsp3) is 1.00. The predicted octanol–water partition coefficient (Wildman–Crippen LogP) is 6.44. The lowest BCUT2D eigenvalue weighted by Crippen LogP contribution is -2.53. The second kappa shape index (κ2) is 6.84. The number of aliphatic hydroxyl groups excluding tert-OH is 1. The van der Waals surface area contributed by atoms with Gasteiger partial charge in [0, 0.05) is 6.61 Å². The SMILES string of the molecule is C[C@@H](CCCO)[C@H]1CC[C@H]2[C@@H]3CC[C@H]4CCCC[C@]4(C)[C@H]3CC[C@]12C. The van der Waals surface area contributed by atoms with Crippen molar-refractivity contribution in [2.75, 3.05) is 6.61 Å². The summed E-state index contributed by atoms with van der Waals surface area (Å²) in [5, 5.41) is 9.25. The molecular formula is C24H42O. The fourth-order valence-corrected chi connectivity index (χ4v) is 8.88. The number of hydrogen-bond acceptors (Lipinski definition) is 1. The zero-order valence-electron chi connectivity index (χ0n) is 17.1. The maximum absolute atomic E-state index is 9.25. The minimum Gasteiger partial charge on any atom is -0.396 e. The smallest absolute Gasteiger partial charge is 0.0431 e. The van der Waals surface area contributed by atoms with Crippen molar-refractivity contribution in [1.29, 1.82) is 0 Å². The summed E-state index contributed by atoms with van der Waals surface area (Å²) >= 11 is 0. The second-order valence-electron chi connectivity index (χ2n) is 11.0. The van der Waals surface area contributed by atoms with Crippen LogP contribution in [-0.4, -0.2) is 11.7 Å². The van der Waals surface area contributed by atoms with E-state index in [4.69, 9.17) is 0 Å². The summed E-state index contributed by atoms with van der Waals surface area (Å²) in [7, 11) is 0. The van der Waals surface area contributed by atoms with Gasteiger partial charge in [-0.3, -0.25) is 0 Å². The molecule has 0 aromatic heterocycles. The molecule has 0 unspecified atom stereocenters. The van der Waals surface area contributed by atoms with E-state index in [0.29, 0.717) is 17.4 Å². The highest BCUT2D eigenvalue weighted by atomic mass is 16.2. The lowest BCUT2D eigenvalue weighted by Gasteiger charge is -2.61. The highest BCUT2D eigenvalue weighted by Crippen LogP contribution is 2.68. The Hall–Kier alpha value is -0.0400. The molecule has 0 aromatic rings. The van der Waals surface area contributed by atoms with Gasteiger partial charge in [0.05, 0.1) is 0 Å². The molecule has 1 heteroatoms. The van der Waals surface area contributed by atoms with E-state index in [1.807, 2.05) is 0 Å². The average Bonchev–Trinajstić information content (AvgIpc) is 2.96. The monoisotopic (exact) mass is 346 g/mol. The molecule has 0 aromatic carbocycles. The third-order valence-electron chi connectivity index (χ3n) is 10.2. The number of fused-ring (bicyclic) bond motifs is 5. The van der Waals surface area contributed by atoms with E-state index in [1.54, 1.807) is 6.42 Å². The van der Waals surface area contributed by atoms with Crippen LogP contribution in [0.5, 0.6) is 0 Å². The van der Waals surface area contributed by atoms with Crippen LogP contribution in [0.3, 0.4) is 0 Å². The molecule has 0 radical (unpaired) electrons. The van der Waals surface area contributed by atoms with Crippen LogP contribution in [0.2, 0.25) is 0 Å². The van der Waals surface area contributed by atoms with Gasteiger partial charge in [-0.25, -0.2) is 0 Å². The Morgan fingerprint density at radius 3 is 2.48 bits per heavy atom. The van der Waals surface area contributed by atoms with Gasteiger partial charge in [-0.2, -0.15) is 0 Å². The highest BCUT2D eigenvalue weighted by molar-refractivity contribution is 5.09. The Labute approximate surface area is 156 Å². The largest absolute Gasteiger partial charge is 0.396 e. The fourth-order valence-electron chi connectivity index (χ4n) is 8.88. The van der Waals surface area contributed by atoms with Crippen molar-refractivity contribution < 1.29 is 5.11 Å². The molecular weight excluding hydrogens is 304 g/mol. The van der Waals surface area contributed by atoms with Crippen LogP contribution in [0.4, 0.5) is 0 Å². The molecule has 4 saturated carbocycles. The van der Waals surface area contributed by atoms with E-state index in [9.17, 15) is 5.11 Å². The van der Waals surface area contributed by atoms with Crippen LogP contribution in [0.25, 0.3) is 0 Å². The lowest BCUT2D eigenvalue weighted by atomic mass is 9.44. The van der Waals surface area contributed by atoms with Crippen molar-refractivity contribution in [2.24, 2.45) is 46.3 Å². The molecule has 144 valence electrons. The molecule has 8 atom stereocenters. The molecule has 0 aliphatic heterocycles. The van der Waals surface area contributed by atoms with E-state index >= 15 is 0 Å². The summed E-state index contributed by atoms with van der Waals surface area (Å²) in [6.45, 7) is 8.24. The molecule has 4 aliphatic carbocycles. The zero-order valence-corrected chi connectivity index (χ0v) is 17.1. The molecule has 1 N–H and O–H groups in total. The molecule has 0 bridgehead atoms. The van der Waals surface area contributed by atoms with Gasteiger partial charge in [0.15, 0.2) is 0 Å². The van der Waals surface area contributed by atoms with E-state index in [0.717, 1.165) is 41.9 Å². The summed E-state index contributed by atoms with van der Waals surface area (Å²) in [6, 6.07) is 0. The summed E-state index contributed by atoms with van der Waals surface area (Å²) in [5.74, 6) is 5.85. The molecule has 0 heterocycles. The Bertz CT molecular complexity index is 473. The van der Waals surface area contributed by atoms with Gasteiger partial charge in [0.1, 0.15) is 0 Å². The molecule has 0 saturated heterocycles. The molecule has 1 nitrogen and oxygen atoms in total. The molecule has 0 spiro atoms. The minimum atomic E-state index is 0.377. The molecule has 4 fully saturated rings. The minimum absolute atomic E-state index is 0.377. The lowest BCUT2D eigenvalue weighted by molar-refractivity contribution is -0.114. The third-order valence-corrected chi connectivity index (χ3v) is 10.2. The van der Waals surface area contributed by atoms with Crippen molar-refractivity contribution >= 4 is 0 Å². The predicted molar refractivity (Wildman–Crippen MR) is 105 cm³/mol. The average molecular weight is 347 g/mol. The molecule has 0 amide bonds. The van der Waals surface area contributed by atoms with Crippen LogP contribution < -0.4 is 0 Å². The standard InChI is InChI=1S/C24H42O/c1-17(7-6-16-25)20-11-12-21-19-10-9-18-8-4-5-14-23(18,2)22(19)13-15-24(20,21)3/h17-22,25H,4-16H2,1-3H3/t17-,18+,19-,20+,21-,22-,23-,24+/m0/s1. The van der Waals surface area contributed by atoms with Crippen LogP contribution in [0, 0.1) is 46.3 Å². The quantitative estimate of drug-likeness (QED) is 0.620. The van der Waals surface area contributed by atoms with E-state index in [1.165, 1.54) is 64.2 Å². The molecule has 25 heavy (non-hydrogen) atoms. The first-order valence-electron chi connectivity index (χ1n) is 11.6.